The summed E-state index contributed by atoms with van der Waals surface area (Å²) in [5, 5.41) is 8.51. The zero-order valence-electron chi connectivity index (χ0n) is 13.3. The fourth-order valence-electron chi connectivity index (χ4n) is 4.06. The van der Waals surface area contributed by atoms with Crippen LogP contribution in [0.1, 0.15) is 0 Å². The van der Waals surface area contributed by atoms with E-state index in [1.54, 1.807) is 6.33 Å². The highest BCUT2D eigenvalue weighted by atomic mass is 14.9. The molecule has 0 fully saturated rings. The van der Waals surface area contributed by atoms with Crippen molar-refractivity contribution in [3.8, 4) is 0 Å². The topological polar surface area (TPSA) is 41.6 Å². The molecule has 3 heteroatoms. The first-order chi connectivity index (χ1) is 12.4. The number of fused-ring (bicyclic) bond motifs is 10. The molecule has 2 heterocycles. The van der Waals surface area contributed by atoms with E-state index in [4.69, 9.17) is 0 Å². The number of benzene rings is 4. The third-order valence-corrected chi connectivity index (χ3v) is 5.12. The summed E-state index contributed by atoms with van der Waals surface area (Å²) in [7, 11) is 0. The quantitative estimate of drug-likeness (QED) is 0.372. The molecule has 0 aliphatic carbocycles. The molecule has 0 amide bonds. The minimum atomic E-state index is 0.979. The molecule has 0 saturated carbocycles. The third kappa shape index (κ3) is 1.59. The molecule has 0 radical (unpaired) electrons. The number of aromatic amines is 1. The molecule has 0 spiro atoms. The van der Waals surface area contributed by atoms with Crippen LogP contribution in [0.3, 0.4) is 0 Å². The highest BCUT2D eigenvalue weighted by molar-refractivity contribution is 6.33. The van der Waals surface area contributed by atoms with Gasteiger partial charge in [0.15, 0.2) is 0 Å². The smallest absolute Gasteiger partial charge is 0.116 e. The number of nitrogens with one attached hydrogen (secondary N) is 1. The minimum absolute atomic E-state index is 0.979. The maximum Gasteiger partial charge on any atom is 0.116 e. The molecule has 25 heavy (non-hydrogen) atoms. The second-order valence-electron chi connectivity index (χ2n) is 6.40. The van der Waals surface area contributed by atoms with Crippen LogP contribution in [-0.2, 0) is 0 Å². The monoisotopic (exact) mass is 319 g/mol. The predicted octanol–water partition coefficient (Wildman–Crippen LogP) is 5.57. The molecule has 0 aliphatic heterocycles. The molecular formula is C22H13N3. The van der Waals surface area contributed by atoms with Crippen LogP contribution in [0.2, 0.25) is 0 Å². The first-order valence-electron chi connectivity index (χ1n) is 8.36. The van der Waals surface area contributed by atoms with E-state index in [1.165, 1.54) is 26.9 Å². The summed E-state index contributed by atoms with van der Waals surface area (Å²) in [5.74, 6) is 0. The van der Waals surface area contributed by atoms with Crippen molar-refractivity contribution in [1.82, 2.24) is 15.0 Å². The van der Waals surface area contributed by atoms with Gasteiger partial charge in [-0.25, -0.2) is 9.97 Å². The lowest BCUT2D eigenvalue weighted by molar-refractivity contribution is 1.35. The zero-order valence-corrected chi connectivity index (χ0v) is 13.3. The van der Waals surface area contributed by atoms with Gasteiger partial charge in [-0.3, -0.25) is 0 Å². The van der Waals surface area contributed by atoms with Gasteiger partial charge >= 0.3 is 0 Å². The summed E-state index contributed by atoms with van der Waals surface area (Å²) in [6, 6.07) is 21.3. The van der Waals surface area contributed by atoms with Crippen molar-refractivity contribution in [1.29, 1.82) is 0 Å². The fraction of sp³-hybridized carbons (Fsp3) is 0. The lowest BCUT2D eigenvalue weighted by atomic mass is 9.94. The molecule has 6 aromatic rings. The van der Waals surface area contributed by atoms with Crippen molar-refractivity contribution in [3.63, 3.8) is 0 Å². The molecule has 0 aliphatic rings. The van der Waals surface area contributed by atoms with Crippen LogP contribution >= 0.6 is 0 Å². The van der Waals surface area contributed by atoms with Crippen LogP contribution in [0, 0.1) is 0 Å². The highest BCUT2D eigenvalue weighted by Gasteiger charge is 2.14. The molecule has 2 aromatic heterocycles. The van der Waals surface area contributed by atoms with Crippen molar-refractivity contribution < 1.29 is 0 Å². The van der Waals surface area contributed by atoms with E-state index in [-0.39, 0.29) is 0 Å². The Balaban J connectivity index is 2.07. The summed E-state index contributed by atoms with van der Waals surface area (Å²) < 4.78 is 0. The summed E-state index contributed by atoms with van der Waals surface area (Å²) >= 11 is 0. The lowest BCUT2D eigenvalue weighted by Gasteiger charge is -2.11. The van der Waals surface area contributed by atoms with Gasteiger partial charge in [0.25, 0.3) is 0 Å². The van der Waals surface area contributed by atoms with E-state index in [2.05, 4.69) is 81.8 Å². The van der Waals surface area contributed by atoms with E-state index in [9.17, 15) is 0 Å². The molecule has 116 valence electrons. The van der Waals surface area contributed by atoms with Crippen LogP contribution in [0.4, 0.5) is 0 Å². The summed E-state index contributed by atoms with van der Waals surface area (Å²) in [5.41, 5.74) is 3.10. The number of para-hydroxylation sites is 1. The van der Waals surface area contributed by atoms with Gasteiger partial charge in [-0.2, -0.15) is 0 Å². The van der Waals surface area contributed by atoms with Crippen molar-refractivity contribution >= 4 is 54.3 Å². The maximum atomic E-state index is 4.56. The van der Waals surface area contributed by atoms with Crippen molar-refractivity contribution in [2.45, 2.75) is 0 Å². The van der Waals surface area contributed by atoms with Crippen LogP contribution in [-0.4, -0.2) is 15.0 Å². The Kier molecular flexibility index (Phi) is 2.35. The molecule has 0 unspecified atom stereocenters. The summed E-state index contributed by atoms with van der Waals surface area (Å²) in [6.45, 7) is 0. The van der Waals surface area contributed by atoms with E-state index in [0.717, 1.165) is 27.3 Å². The van der Waals surface area contributed by atoms with Gasteiger partial charge in [0.1, 0.15) is 6.33 Å². The van der Waals surface area contributed by atoms with E-state index in [0.29, 0.717) is 0 Å². The fourth-order valence-corrected chi connectivity index (χ4v) is 4.06. The van der Waals surface area contributed by atoms with Crippen molar-refractivity contribution in [2.24, 2.45) is 0 Å². The largest absolute Gasteiger partial charge is 0.361 e. The van der Waals surface area contributed by atoms with E-state index in [1.807, 2.05) is 0 Å². The molecule has 6 rings (SSSR count). The lowest BCUT2D eigenvalue weighted by Crippen LogP contribution is -1.87. The Labute approximate surface area is 142 Å². The van der Waals surface area contributed by atoms with Crippen LogP contribution in [0.25, 0.3) is 54.3 Å². The third-order valence-electron chi connectivity index (χ3n) is 5.12. The number of aromatic nitrogens is 3. The number of nitrogens with zero attached hydrogens (tertiary/aromatic N) is 2. The number of pyridine rings is 1. The maximum absolute atomic E-state index is 4.56. The van der Waals surface area contributed by atoms with Crippen LogP contribution < -0.4 is 0 Å². The molecule has 4 aromatic carbocycles. The van der Waals surface area contributed by atoms with Gasteiger partial charge in [0.05, 0.1) is 11.0 Å². The normalized spacial score (nSPS) is 12.0. The number of hydrogen-bond acceptors (Lipinski definition) is 2. The molecule has 0 bridgehead atoms. The average molecular weight is 319 g/mol. The molecule has 0 saturated heterocycles. The van der Waals surface area contributed by atoms with Gasteiger partial charge < -0.3 is 4.98 Å². The van der Waals surface area contributed by atoms with E-state index >= 15 is 0 Å². The summed E-state index contributed by atoms with van der Waals surface area (Å²) in [4.78, 5) is 12.5. The number of hydrogen-bond donors (Lipinski definition) is 1. The first kappa shape index (κ1) is 12.9. The summed E-state index contributed by atoms with van der Waals surface area (Å²) in [6.07, 6.45) is 3.75. The number of imidazole rings is 1. The van der Waals surface area contributed by atoms with Gasteiger partial charge in [-0.05, 0) is 16.8 Å². The predicted molar refractivity (Wildman–Crippen MR) is 104 cm³/mol. The Bertz CT molecular complexity index is 1440. The van der Waals surface area contributed by atoms with Crippen LogP contribution in [0.15, 0.2) is 73.2 Å². The Morgan fingerprint density at radius 1 is 0.600 bits per heavy atom. The molecule has 3 nitrogen and oxygen atoms in total. The second kappa shape index (κ2) is 4.54. The second-order valence-corrected chi connectivity index (χ2v) is 6.40. The Morgan fingerprint density at radius 2 is 1.32 bits per heavy atom. The molecule has 0 atom stereocenters. The van der Waals surface area contributed by atoms with Gasteiger partial charge in [0, 0.05) is 38.6 Å². The highest BCUT2D eigenvalue weighted by Crippen LogP contribution is 2.39. The van der Waals surface area contributed by atoms with Gasteiger partial charge in [-0.15, -0.1) is 0 Å². The van der Waals surface area contributed by atoms with E-state index < -0.39 is 0 Å². The zero-order chi connectivity index (χ0) is 16.4. The Morgan fingerprint density at radius 3 is 2.20 bits per heavy atom. The standard InChI is InChI=1S/C22H13N3/c1-2-6-15-14(5-1)20-17(22-21(15)24-12-25-22)10-9-13-11-23-18-8-4-3-7-16(18)19(13)20/h1-12,23H. The van der Waals surface area contributed by atoms with Crippen molar-refractivity contribution in [2.75, 3.05) is 0 Å². The van der Waals surface area contributed by atoms with Gasteiger partial charge in [-0.1, -0.05) is 54.6 Å². The van der Waals surface area contributed by atoms with Crippen molar-refractivity contribution in [3.05, 3.63) is 73.2 Å². The number of H-pyrrole nitrogens is 1. The number of rotatable bonds is 0. The molecule has 1 N–H and O–H groups in total. The minimum Gasteiger partial charge on any atom is -0.361 e. The Hall–Kier alpha value is -3.46. The molecular weight excluding hydrogens is 306 g/mol. The SMILES string of the molecule is c1ccc2c(c1)[nH]cc1ccc3c4ncnc4c4ccccc4c3c12. The average Bonchev–Trinajstić information content (AvgIpc) is 3.17. The van der Waals surface area contributed by atoms with Gasteiger partial charge in [0.2, 0.25) is 0 Å². The first-order valence-corrected chi connectivity index (χ1v) is 8.36. The van der Waals surface area contributed by atoms with Crippen LogP contribution in [0.5, 0.6) is 0 Å².